The Bertz CT molecular complexity index is 364. The van der Waals surface area contributed by atoms with Crippen LogP contribution in [0.2, 0.25) is 0 Å². The molecule has 2 heterocycles. The van der Waals surface area contributed by atoms with Gasteiger partial charge in [0.2, 0.25) is 0 Å². The van der Waals surface area contributed by atoms with Crippen molar-refractivity contribution in [2.75, 3.05) is 39.5 Å². The van der Waals surface area contributed by atoms with E-state index in [1.54, 1.807) is 24.4 Å². The van der Waals surface area contributed by atoms with Crippen LogP contribution in [-0.2, 0) is 9.47 Å². The number of hydrogen-bond acceptors (Lipinski definition) is 5. The number of carbonyl (C=O) groups is 1. The van der Waals surface area contributed by atoms with Crippen LogP contribution in [0, 0.1) is 0 Å². The third kappa shape index (κ3) is 4.09. The zero-order valence-corrected chi connectivity index (χ0v) is 10.4. The maximum Gasteiger partial charge on any atom is 0.356 e. The fourth-order valence-electron chi connectivity index (χ4n) is 1.84. The predicted octanol–water partition coefficient (Wildman–Crippen LogP) is 0.961. The van der Waals surface area contributed by atoms with Crippen LogP contribution in [0.1, 0.15) is 16.9 Å². The van der Waals surface area contributed by atoms with E-state index < -0.39 is 0 Å². The fraction of sp³-hybridized carbons (Fsp3) is 0.538. The van der Waals surface area contributed by atoms with E-state index in [4.69, 9.17) is 9.47 Å². The number of nitrogens with zero attached hydrogens (tertiary/aromatic N) is 2. The molecule has 0 aliphatic carbocycles. The van der Waals surface area contributed by atoms with Gasteiger partial charge < -0.3 is 9.47 Å². The minimum absolute atomic E-state index is 0.349. The van der Waals surface area contributed by atoms with Crippen LogP contribution >= 0.6 is 0 Å². The first kappa shape index (κ1) is 13.0. The second kappa shape index (κ2) is 7.08. The lowest BCUT2D eigenvalue weighted by Crippen LogP contribution is -2.37. The summed E-state index contributed by atoms with van der Waals surface area (Å²) < 4.78 is 10.4. The molecule has 5 nitrogen and oxygen atoms in total. The van der Waals surface area contributed by atoms with Crippen LogP contribution in [-0.4, -0.2) is 55.3 Å². The number of hydrogen-bond donors (Lipinski definition) is 0. The van der Waals surface area contributed by atoms with Gasteiger partial charge in [-0.1, -0.05) is 6.07 Å². The van der Waals surface area contributed by atoms with Gasteiger partial charge in [-0.3, -0.25) is 4.90 Å². The molecular formula is C13H18N2O3. The molecule has 1 aromatic rings. The van der Waals surface area contributed by atoms with Crippen LogP contribution in [0.5, 0.6) is 0 Å². The molecular weight excluding hydrogens is 232 g/mol. The van der Waals surface area contributed by atoms with Crippen molar-refractivity contribution >= 4 is 5.97 Å². The lowest BCUT2D eigenvalue weighted by molar-refractivity contribution is 0.0296. The quantitative estimate of drug-likeness (QED) is 0.575. The van der Waals surface area contributed by atoms with Crippen LogP contribution in [0.3, 0.4) is 0 Å². The van der Waals surface area contributed by atoms with E-state index in [9.17, 15) is 4.79 Å². The maximum absolute atomic E-state index is 11.6. The molecule has 0 aromatic carbocycles. The van der Waals surface area contributed by atoms with Gasteiger partial charge in [0.05, 0.1) is 19.8 Å². The van der Waals surface area contributed by atoms with Gasteiger partial charge >= 0.3 is 5.97 Å². The molecule has 1 aliphatic heterocycles. The molecule has 0 unspecified atom stereocenters. The first-order valence-electron chi connectivity index (χ1n) is 6.24. The molecule has 0 amide bonds. The molecule has 0 radical (unpaired) electrons. The van der Waals surface area contributed by atoms with Crippen molar-refractivity contribution in [2.24, 2.45) is 0 Å². The van der Waals surface area contributed by atoms with Gasteiger partial charge in [0, 0.05) is 25.8 Å². The Kier molecular flexibility index (Phi) is 5.11. The van der Waals surface area contributed by atoms with E-state index in [1.165, 1.54) is 0 Å². The lowest BCUT2D eigenvalue weighted by Gasteiger charge is -2.26. The molecule has 0 spiro atoms. The SMILES string of the molecule is O=C(OCCCN1CCOCC1)c1ccccn1. The van der Waals surface area contributed by atoms with Gasteiger partial charge in [0.1, 0.15) is 5.69 Å². The lowest BCUT2D eigenvalue weighted by atomic mass is 10.3. The summed E-state index contributed by atoms with van der Waals surface area (Å²) in [5.41, 5.74) is 0.365. The largest absolute Gasteiger partial charge is 0.461 e. The van der Waals surface area contributed by atoms with Crippen LogP contribution < -0.4 is 0 Å². The summed E-state index contributed by atoms with van der Waals surface area (Å²) in [7, 11) is 0. The molecule has 0 bridgehead atoms. The summed E-state index contributed by atoms with van der Waals surface area (Å²) in [4.78, 5) is 17.8. The third-order valence-electron chi connectivity index (χ3n) is 2.83. The van der Waals surface area contributed by atoms with Crippen molar-refractivity contribution in [3.63, 3.8) is 0 Å². The molecule has 0 saturated carbocycles. The molecule has 18 heavy (non-hydrogen) atoms. The normalized spacial score (nSPS) is 16.4. The van der Waals surface area contributed by atoms with E-state index in [1.807, 2.05) is 0 Å². The summed E-state index contributed by atoms with van der Waals surface area (Å²) in [5, 5.41) is 0. The first-order chi connectivity index (χ1) is 8.86. The van der Waals surface area contributed by atoms with Crippen LogP contribution in [0.4, 0.5) is 0 Å². The second-order valence-electron chi connectivity index (χ2n) is 4.16. The zero-order valence-electron chi connectivity index (χ0n) is 10.4. The summed E-state index contributed by atoms with van der Waals surface area (Å²) >= 11 is 0. The summed E-state index contributed by atoms with van der Waals surface area (Å²) in [6.45, 7) is 4.91. The van der Waals surface area contributed by atoms with Gasteiger partial charge in [0.15, 0.2) is 0 Å². The minimum Gasteiger partial charge on any atom is -0.461 e. The van der Waals surface area contributed by atoms with Crippen LogP contribution in [0.25, 0.3) is 0 Å². The highest BCUT2D eigenvalue weighted by atomic mass is 16.5. The Morgan fingerprint density at radius 2 is 2.22 bits per heavy atom. The van der Waals surface area contributed by atoms with Crippen molar-refractivity contribution in [2.45, 2.75) is 6.42 Å². The number of pyridine rings is 1. The molecule has 1 saturated heterocycles. The van der Waals surface area contributed by atoms with Gasteiger partial charge in [-0.2, -0.15) is 0 Å². The summed E-state index contributed by atoms with van der Waals surface area (Å²) in [6.07, 6.45) is 2.43. The molecule has 98 valence electrons. The van der Waals surface area contributed by atoms with Crippen molar-refractivity contribution < 1.29 is 14.3 Å². The highest BCUT2D eigenvalue weighted by Gasteiger charge is 2.11. The first-order valence-corrected chi connectivity index (χ1v) is 6.24. The number of ether oxygens (including phenoxy) is 2. The van der Waals surface area contributed by atoms with E-state index >= 15 is 0 Å². The van der Waals surface area contributed by atoms with E-state index in [0.29, 0.717) is 12.3 Å². The average molecular weight is 250 g/mol. The van der Waals surface area contributed by atoms with Gasteiger partial charge in [-0.15, -0.1) is 0 Å². The standard InChI is InChI=1S/C13H18N2O3/c16-13(12-4-1-2-5-14-12)18-9-3-6-15-7-10-17-11-8-15/h1-2,4-5H,3,6-11H2. The second-order valence-corrected chi connectivity index (χ2v) is 4.16. The van der Waals surface area contributed by atoms with E-state index in [-0.39, 0.29) is 5.97 Å². The molecule has 0 N–H and O–H groups in total. The number of aromatic nitrogens is 1. The number of rotatable bonds is 5. The minimum atomic E-state index is -0.349. The van der Waals surface area contributed by atoms with Crippen molar-refractivity contribution in [3.05, 3.63) is 30.1 Å². The number of esters is 1. The Balaban J connectivity index is 1.62. The van der Waals surface area contributed by atoms with Crippen molar-refractivity contribution in [3.8, 4) is 0 Å². The Morgan fingerprint density at radius 1 is 1.39 bits per heavy atom. The number of morpholine rings is 1. The Labute approximate surface area is 107 Å². The molecule has 1 fully saturated rings. The topological polar surface area (TPSA) is 51.7 Å². The fourth-order valence-corrected chi connectivity index (χ4v) is 1.84. The smallest absolute Gasteiger partial charge is 0.356 e. The van der Waals surface area contributed by atoms with Gasteiger partial charge in [0.25, 0.3) is 0 Å². The van der Waals surface area contributed by atoms with Crippen molar-refractivity contribution in [1.29, 1.82) is 0 Å². The third-order valence-corrected chi connectivity index (χ3v) is 2.83. The summed E-state index contributed by atoms with van der Waals surface area (Å²) in [5.74, 6) is -0.349. The van der Waals surface area contributed by atoms with Gasteiger partial charge in [-0.05, 0) is 18.6 Å². The van der Waals surface area contributed by atoms with Crippen LogP contribution in [0.15, 0.2) is 24.4 Å². The average Bonchev–Trinajstić information content (AvgIpc) is 2.45. The highest BCUT2D eigenvalue weighted by molar-refractivity contribution is 5.87. The van der Waals surface area contributed by atoms with E-state index in [0.717, 1.165) is 39.3 Å². The molecule has 1 aliphatic rings. The molecule has 2 rings (SSSR count). The molecule has 0 atom stereocenters. The Morgan fingerprint density at radius 3 is 2.94 bits per heavy atom. The molecule has 1 aromatic heterocycles. The maximum atomic E-state index is 11.6. The predicted molar refractivity (Wildman–Crippen MR) is 66.4 cm³/mol. The highest BCUT2D eigenvalue weighted by Crippen LogP contribution is 2.00. The van der Waals surface area contributed by atoms with Crippen molar-refractivity contribution in [1.82, 2.24) is 9.88 Å². The molecule has 5 heteroatoms. The van der Waals surface area contributed by atoms with E-state index in [2.05, 4.69) is 9.88 Å². The Hall–Kier alpha value is -1.46. The number of carbonyl (C=O) groups excluding carboxylic acids is 1. The summed E-state index contributed by atoms with van der Waals surface area (Å²) in [6, 6.07) is 5.21. The zero-order chi connectivity index (χ0) is 12.6. The van der Waals surface area contributed by atoms with Gasteiger partial charge in [-0.25, -0.2) is 9.78 Å². The monoisotopic (exact) mass is 250 g/mol.